The molecule has 0 aliphatic heterocycles. The van der Waals surface area contributed by atoms with Gasteiger partial charge < -0.3 is 0 Å². The minimum absolute atomic E-state index is 0.0457. The van der Waals surface area contributed by atoms with Crippen molar-refractivity contribution < 1.29 is 8.42 Å². The van der Waals surface area contributed by atoms with Crippen molar-refractivity contribution >= 4 is 9.84 Å². The first-order chi connectivity index (χ1) is 7.35. The molecule has 0 fully saturated rings. The number of sulfone groups is 1. The molecule has 0 aromatic carbocycles. The topological polar surface area (TPSA) is 89.0 Å². The van der Waals surface area contributed by atoms with Crippen molar-refractivity contribution in [2.24, 2.45) is 0 Å². The maximum Gasteiger partial charge on any atom is 0.328 e. The highest BCUT2D eigenvalue weighted by Crippen LogP contribution is 1.92. The van der Waals surface area contributed by atoms with Gasteiger partial charge in [-0.05, 0) is 6.92 Å². The lowest BCUT2D eigenvalue weighted by Gasteiger charge is -2.05. The number of nitrogens with one attached hydrogen (secondary N) is 1. The first-order valence-electron chi connectivity index (χ1n) is 4.86. The summed E-state index contributed by atoms with van der Waals surface area (Å²) in [5.41, 5.74) is -0.644. The van der Waals surface area contributed by atoms with Crippen LogP contribution in [0.1, 0.15) is 12.5 Å². The molecular formula is C9H14N2O4S. The molecule has 0 bridgehead atoms. The van der Waals surface area contributed by atoms with Crippen molar-refractivity contribution in [2.45, 2.75) is 20.4 Å². The Balaban J connectivity index is 2.96. The Bertz CT molecular complexity index is 582. The molecule has 0 unspecified atom stereocenters. The first kappa shape index (κ1) is 12.7. The number of H-pyrrole nitrogens is 1. The largest absolute Gasteiger partial charge is 0.328 e. The highest BCUT2D eigenvalue weighted by atomic mass is 32.2. The second-order valence-corrected chi connectivity index (χ2v) is 5.97. The molecule has 0 saturated carbocycles. The maximum atomic E-state index is 11.3. The third-order valence-electron chi connectivity index (χ3n) is 2.27. The van der Waals surface area contributed by atoms with Crippen molar-refractivity contribution in [2.75, 3.05) is 11.5 Å². The molecule has 0 atom stereocenters. The molecule has 1 heterocycles. The molecule has 1 aromatic heterocycles. The van der Waals surface area contributed by atoms with Crippen LogP contribution in [0.3, 0.4) is 0 Å². The summed E-state index contributed by atoms with van der Waals surface area (Å²) in [4.78, 5) is 24.5. The fourth-order valence-electron chi connectivity index (χ4n) is 1.17. The smallest absolute Gasteiger partial charge is 0.299 e. The van der Waals surface area contributed by atoms with Gasteiger partial charge in [0.25, 0.3) is 5.56 Å². The minimum Gasteiger partial charge on any atom is -0.299 e. The van der Waals surface area contributed by atoms with Gasteiger partial charge in [0.1, 0.15) is 0 Å². The van der Waals surface area contributed by atoms with Gasteiger partial charge in [0.15, 0.2) is 9.84 Å². The van der Waals surface area contributed by atoms with Crippen LogP contribution in [-0.2, 0) is 16.4 Å². The van der Waals surface area contributed by atoms with Crippen LogP contribution in [0.4, 0.5) is 0 Å². The van der Waals surface area contributed by atoms with Crippen LogP contribution in [-0.4, -0.2) is 29.5 Å². The second-order valence-electron chi connectivity index (χ2n) is 3.50. The fourth-order valence-corrected chi connectivity index (χ4v) is 1.93. The van der Waals surface area contributed by atoms with Crippen molar-refractivity contribution in [3.05, 3.63) is 32.6 Å². The third-order valence-corrected chi connectivity index (χ3v) is 3.96. The lowest BCUT2D eigenvalue weighted by molar-refractivity contribution is 0.586. The average Bonchev–Trinajstić information content (AvgIpc) is 2.22. The molecule has 0 amide bonds. The number of rotatable bonds is 4. The van der Waals surface area contributed by atoms with Gasteiger partial charge >= 0.3 is 5.69 Å². The lowest BCUT2D eigenvalue weighted by atomic mass is 10.4. The van der Waals surface area contributed by atoms with Crippen molar-refractivity contribution in [1.82, 2.24) is 9.55 Å². The molecular weight excluding hydrogens is 232 g/mol. The summed E-state index contributed by atoms with van der Waals surface area (Å²) >= 11 is 0. The SMILES string of the molecule is CCS(=O)(=O)CCn1cc(C)c(=O)[nH]c1=O. The van der Waals surface area contributed by atoms with E-state index in [1.54, 1.807) is 13.8 Å². The number of aromatic nitrogens is 2. The molecule has 6 nitrogen and oxygen atoms in total. The Morgan fingerprint density at radius 3 is 2.56 bits per heavy atom. The summed E-state index contributed by atoms with van der Waals surface area (Å²) in [5, 5.41) is 0. The molecule has 90 valence electrons. The van der Waals surface area contributed by atoms with Gasteiger partial charge in [-0.15, -0.1) is 0 Å². The molecule has 1 N–H and O–H groups in total. The summed E-state index contributed by atoms with van der Waals surface area (Å²) in [5.74, 6) is -0.0566. The number of hydrogen-bond acceptors (Lipinski definition) is 4. The van der Waals surface area contributed by atoms with Gasteiger partial charge in [-0.3, -0.25) is 14.3 Å². The predicted octanol–water partition coefficient (Wildman–Crippen LogP) is -0.720. The van der Waals surface area contributed by atoms with Crippen LogP contribution in [0.25, 0.3) is 0 Å². The number of nitrogens with zero attached hydrogens (tertiary/aromatic N) is 1. The van der Waals surface area contributed by atoms with Crippen LogP contribution >= 0.6 is 0 Å². The molecule has 16 heavy (non-hydrogen) atoms. The van der Waals surface area contributed by atoms with E-state index in [-0.39, 0.29) is 18.1 Å². The van der Waals surface area contributed by atoms with Crippen molar-refractivity contribution in [1.29, 1.82) is 0 Å². The Labute approximate surface area is 92.9 Å². The zero-order valence-corrected chi connectivity index (χ0v) is 10.0. The van der Waals surface area contributed by atoms with E-state index in [0.29, 0.717) is 5.56 Å². The molecule has 0 aliphatic carbocycles. The lowest BCUT2D eigenvalue weighted by Crippen LogP contribution is -2.32. The quantitative estimate of drug-likeness (QED) is 0.759. The Morgan fingerprint density at radius 1 is 1.38 bits per heavy atom. The molecule has 0 spiro atoms. The normalized spacial score (nSPS) is 11.6. The third kappa shape index (κ3) is 3.06. The highest BCUT2D eigenvalue weighted by Gasteiger charge is 2.08. The number of aromatic amines is 1. The van der Waals surface area contributed by atoms with E-state index in [4.69, 9.17) is 0 Å². The predicted molar refractivity (Wildman–Crippen MR) is 60.4 cm³/mol. The maximum absolute atomic E-state index is 11.3. The van der Waals surface area contributed by atoms with Crippen molar-refractivity contribution in [3.8, 4) is 0 Å². The fraction of sp³-hybridized carbons (Fsp3) is 0.556. The van der Waals surface area contributed by atoms with Crippen LogP contribution < -0.4 is 11.2 Å². The summed E-state index contributed by atoms with van der Waals surface area (Å²) in [7, 11) is -3.11. The summed E-state index contributed by atoms with van der Waals surface area (Å²) in [6, 6.07) is 0. The van der Waals surface area contributed by atoms with Crippen LogP contribution in [0.15, 0.2) is 15.8 Å². The van der Waals surface area contributed by atoms with Gasteiger partial charge in [0, 0.05) is 24.1 Å². The molecule has 0 aliphatic rings. The van der Waals surface area contributed by atoms with E-state index in [0.717, 1.165) is 0 Å². The molecule has 1 rings (SSSR count). The van der Waals surface area contributed by atoms with E-state index in [9.17, 15) is 18.0 Å². The number of hydrogen-bond donors (Lipinski definition) is 1. The van der Waals surface area contributed by atoms with Gasteiger partial charge in [-0.1, -0.05) is 6.92 Å². The average molecular weight is 246 g/mol. The number of aryl methyl sites for hydroxylation is 2. The van der Waals surface area contributed by atoms with E-state index < -0.39 is 21.1 Å². The van der Waals surface area contributed by atoms with E-state index in [1.165, 1.54) is 10.8 Å². The van der Waals surface area contributed by atoms with Crippen LogP contribution in [0, 0.1) is 6.92 Å². The molecule has 0 saturated heterocycles. The zero-order valence-electron chi connectivity index (χ0n) is 9.19. The van der Waals surface area contributed by atoms with E-state index in [2.05, 4.69) is 4.98 Å². The van der Waals surface area contributed by atoms with Gasteiger partial charge in [-0.25, -0.2) is 13.2 Å². The monoisotopic (exact) mass is 246 g/mol. The molecule has 0 radical (unpaired) electrons. The second kappa shape index (κ2) is 4.65. The van der Waals surface area contributed by atoms with E-state index in [1.807, 2.05) is 0 Å². The summed E-state index contributed by atoms with van der Waals surface area (Å²) < 4.78 is 23.7. The highest BCUT2D eigenvalue weighted by molar-refractivity contribution is 7.91. The van der Waals surface area contributed by atoms with Gasteiger partial charge in [0.05, 0.1) is 5.75 Å². The van der Waals surface area contributed by atoms with Gasteiger partial charge in [0.2, 0.25) is 0 Å². The standard InChI is InChI=1S/C9H14N2O4S/c1-3-16(14,15)5-4-11-6-7(2)8(12)10-9(11)13/h6H,3-5H2,1-2H3,(H,10,12,13). The Morgan fingerprint density at radius 2 is 2.00 bits per heavy atom. The summed E-state index contributed by atoms with van der Waals surface area (Å²) in [6.45, 7) is 3.17. The van der Waals surface area contributed by atoms with Crippen LogP contribution in [0.5, 0.6) is 0 Å². The van der Waals surface area contributed by atoms with E-state index >= 15 is 0 Å². The van der Waals surface area contributed by atoms with Crippen molar-refractivity contribution in [3.63, 3.8) is 0 Å². The molecule has 7 heteroatoms. The first-order valence-corrected chi connectivity index (χ1v) is 6.68. The minimum atomic E-state index is -3.11. The Kier molecular flexibility index (Phi) is 3.69. The van der Waals surface area contributed by atoms with Crippen LogP contribution in [0.2, 0.25) is 0 Å². The Hall–Kier alpha value is -1.37. The molecule has 1 aromatic rings. The van der Waals surface area contributed by atoms with Gasteiger partial charge in [-0.2, -0.15) is 0 Å². The zero-order chi connectivity index (χ0) is 12.3. The summed E-state index contributed by atoms with van der Waals surface area (Å²) in [6.07, 6.45) is 1.37.